The Balaban J connectivity index is 4.14. The van der Waals surface area contributed by atoms with Gasteiger partial charge in [0.1, 0.15) is 5.60 Å². The maximum absolute atomic E-state index is 11.8. The number of hydrogen-bond donors (Lipinski definition) is 0. The second-order valence-corrected chi connectivity index (χ2v) is 5.92. The summed E-state index contributed by atoms with van der Waals surface area (Å²) in [7, 11) is 1.63. The highest BCUT2D eigenvalue weighted by Gasteiger charge is 2.33. The zero-order valence-corrected chi connectivity index (χ0v) is 11.4. The van der Waals surface area contributed by atoms with Crippen molar-refractivity contribution >= 4 is 16.9 Å². The van der Waals surface area contributed by atoms with Crippen molar-refractivity contribution in [3.63, 3.8) is 0 Å². The molecule has 0 aliphatic carbocycles. The third kappa shape index (κ3) is 6.93. The summed E-state index contributed by atoms with van der Waals surface area (Å²) in [5, 5.41) is 0.0504. The van der Waals surface area contributed by atoms with Crippen molar-refractivity contribution in [2.24, 2.45) is 0 Å². The van der Waals surface area contributed by atoms with E-state index in [1.54, 1.807) is 21.0 Å². The van der Waals surface area contributed by atoms with Crippen molar-refractivity contribution < 1.29 is 14.3 Å². The summed E-state index contributed by atoms with van der Waals surface area (Å²) in [6.07, 6.45) is 0. The number of rotatable bonds is 5. The van der Waals surface area contributed by atoms with Gasteiger partial charge in [-0.3, -0.25) is 4.79 Å². The fraction of sp³-hybridized carbons (Fsp3) is 0.909. The molecule has 0 bridgehead atoms. The molecule has 0 rings (SSSR count). The number of carbonyl (C=O) groups excluding carboxylic acids is 1. The van der Waals surface area contributed by atoms with Crippen LogP contribution in [0.25, 0.3) is 0 Å². The van der Waals surface area contributed by atoms with Crippen LogP contribution in [-0.2, 0) is 14.3 Å². The molecule has 15 heavy (non-hydrogen) atoms. The lowest BCUT2D eigenvalue weighted by atomic mass is 10.1. The van der Waals surface area contributed by atoms with Crippen LogP contribution in [0.2, 0.25) is 0 Å². The van der Waals surface area contributed by atoms with E-state index in [9.17, 15) is 4.79 Å². The van der Waals surface area contributed by atoms with E-state index < -0.39 is 5.60 Å². The first-order valence-electron chi connectivity index (χ1n) is 5.05. The van der Waals surface area contributed by atoms with E-state index in [4.69, 9.17) is 9.47 Å². The molecule has 0 atom stereocenters. The minimum Gasteiger partial charge on any atom is -0.384 e. The Morgan fingerprint density at radius 1 is 1.20 bits per heavy atom. The molecule has 0 N–H and O–H groups in total. The highest BCUT2D eigenvalue weighted by Crippen LogP contribution is 2.25. The standard InChI is InChI=1S/C11H22O3S/c1-10(2,3)14-11(4,5)9(12)15-8-7-13-6/h7-8H2,1-6H3. The van der Waals surface area contributed by atoms with Gasteiger partial charge in [-0.25, -0.2) is 0 Å². The van der Waals surface area contributed by atoms with E-state index in [1.165, 1.54) is 11.8 Å². The fourth-order valence-electron chi connectivity index (χ4n) is 1.20. The highest BCUT2D eigenvalue weighted by atomic mass is 32.2. The van der Waals surface area contributed by atoms with E-state index in [2.05, 4.69) is 0 Å². The fourth-order valence-corrected chi connectivity index (χ4v) is 2.02. The molecule has 0 aromatic rings. The van der Waals surface area contributed by atoms with E-state index in [-0.39, 0.29) is 10.7 Å². The first kappa shape index (κ1) is 14.9. The Morgan fingerprint density at radius 3 is 2.13 bits per heavy atom. The maximum Gasteiger partial charge on any atom is 0.220 e. The van der Waals surface area contributed by atoms with Gasteiger partial charge in [-0.15, -0.1) is 0 Å². The molecule has 0 unspecified atom stereocenters. The molecular weight excluding hydrogens is 212 g/mol. The predicted molar refractivity (Wildman–Crippen MR) is 64.3 cm³/mol. The molecule has 0 aliphatic rings. The number of carbonyl (C=O) groups is 1. The normalized spacial score (nSPS) is 12.9. The number of hydrogen-bond acceptors (Lipinski definition) is 4. The lowest BCUT2D eigenvalue weighted by Gasteiger charge is -2.32. The summed E-state index contributed by atoms with van der Waals surface area (Å²) in [6, 6.07) is 0. The lowest BCUT2D eigenvalue weighted by Crippen LogP contribution is -2.40. The highest BCUT2D eigenvalue weighted by molar-refractivity contribution is 8.13. The third-order valence-corrected chi connectivity index (χ3v) is 2.70. The molecule has 0 saturated carbocycles. The summed E-state index contributed by atoms with van der Waals surface area (Å²) in [4.78, 5) is 11.8. The summed E-state index contributed by atoms with van der Waals surface area (Å²) < 4.78 is 10.6. The number of ether oxygens (including phenoxy) is 2. The van der Waals surface area contributed by atoms with Gasteiger partial charge in [0.15, 0.2) is 0 Å². The first-order chi connectivity index (χ1) is 6.69. The molecule has 3 nitrogen and oxygen atoms in total. The van der Waals surface area contributed by atoms with Gasteiger partial charge in [-0.05, 0) is 34.6 Å². The van der Waals surface area contributed by atoms with Gasteiger partial charge in [0.25, 0.3) is 0 Å². The molecule has 0 heterocycles. The van der Waals surface area contributed by atoms with Gasteiger partial charge in [-0.2, -0.15) is 0 Å². The molecule has 4 heteroatoms. The third-order valence-electron chi connectivity index (χ3n) is 1.57. The van der Waals surface area contributed by atoms with Crippen molar-refractivity contribution in [2.75, 3.05) is 19.5 Å². The predicted octanol–water partition coefficient (Wildman–Crippen LogP) is 2.49. The minimum atomic E-state index is -0.739. The maximum atomic E-state index is 11.8. The van der Waals surface area contributed by atoms with E-state index >= 15 is 0 Å². The zero-order chi connectivity index (χ0) is 12.1. The topological polar surface area (TPSA) is 35.5 Å². The summed E-state index contributed by atoms with van der Waals surface area (Å²) in [5.74, 6) is 0.673. The Morgan fingerprint density at radius 2 is 1.73 bits per heavy atom. The molecule has 0 saturated heterocycles. The van der Waals surface area contributed by atoms with Gasteiger partial charge in [0, 0.05) is 12.9 Å². The second-order valence-electron chi connectivity index (χ2n) is 4.85. The van der Waals surface area contributed by atoms with Crippen LogP contribution in [0.1, 0.15) is 34.6 Å². The Labute approximate surface area is 96.9 Å². The van der Waals surface area contributed by atoms with Gasteiger partial charge in [-0.1, -0.05) is 11.8 Å². The SMILES string of the molecule is COCCSC(=O)C(C)(C)OC(C)(C)C. The molecule has 0 fully saturated rings. The quantitative estimate of drug-likeness (QED) is 0.685. The van der Waals surface area contributed by atoms with Crippen molar-refractivity contribution in [1.29, 1.82) is 0 Å². The molecule has 0 aromatic carbocycles. The van der Waals surface area contributed by atoms with E-state index in [1.807, 2.05) is 20.8 Å². The summed E-state index contributed by atoms with van der Waals surface area (Å²) in [5.41, 5.74) is -1.04. The van der Waals surface area contributed by atoms with Gasteiger partial charge in [0.2, 0.25) is 5.12 Å². The van der Waals surface area contributed by atoms with E-state index in [0.717, 1.165) is 0 Å². The van der Waals surface area contributed by atoms with Crippen molar-refractivity contribution in [1.82, 2.24) is 0 Å². The van der Waals surface area contributed by atoms with Crippen LogP contribution in [0.4, 0.5) is 0 Å². The summed E-state index contributed by atoms with van der Waals surface area (Å²) in [6.45, 7) is 10.0. The lowest BCUT2D eigenvalue weighted by molar-refractivity contribution is -0.148. The molecular formula is C11H22O3S. The van der Waals surface area contributed by atoms with Crippen LogP contribution in [0, 0.1) is 0 Å². The first-order valence-corrected chi connectivity index (χ1v) is 6.04. The Kier molecular flexibility index (Phi) is 5.85. The molecule has 0 spiro atoms. The average molecular weight is 234 g/mol. The monoisotopic (exact) mass is 234 g/mol. The zero-order valence-electron chi connectivity index (χ0n) is 10.5. The van der Waals surface area contributed by atoms with Crippen LogP contribution in [0.3, 0.4) is 0 Å². The van der Waals surface area contributed by atoms with Crippen molar-refractivity contribution in [3.8, 4) is 0 Å². The van der Waals surface area contributed by atoms with Crippen LogP contribution in [-0.4, -0.2) is 35.8 Å². The van der Waals surface area contributed by atoms with Crippen molar-refractivity contribution in [3.05, 3.63) is 0 Å². The van der Waals surface area contributed by atoms with E-state index in [0.29, 0.717) is 12.4 Å². The smallest absolute Gasteiger partial charge is 0.220 e. The summed E-state index contributed by atoms with van der Waals surface area (Å²) >= 11 is 1.26. The Bertz CT molecular complexity index is 206. The van der Waals surface area contributed by atoms with Crippen molar-refractivity contribution in [2.45, 2.75) is 45.8 Å². The van der Waals surface area contributed by atoms with Gasteiger partial charge < -0.3 is 9.47 Å². The second kappa shape index (κ2) is 5.87. The minimum absolute atomic E-state index is 0.0504. The van der Waals surface area contributed by atoms with Gasteiger partial charge in [0.05, 0.1) is 12.2 Å². The number of methoxy groups -OCH3 is 1. The molecule has 0 radical (unpaired) electrons. The largest absolute Gasteiger partial charge is 0.384 e. The molecule has 0 aliphatic heterocycles. The Hall–Kier alpha value is -0.0600. The van der Waals surface area contributed by atoms with Crippen LogP contribution in [0.5, 0.6) is 0 Å². The molecule has 90 valence electrons. The van der Waals surface area contributed by atoms with Gasteiger partial charge >= 0.3 is 0 Å². The molecule has 0 aromatic heterocycles. The molecule has 0 amide bonds. The number of thioether (sulfide) groups is 1. The average Bonchev–Trinajstić information content (AvgIpc) is 2.00. The van der Waals surface area contributed by atoms with Crippen LogP contribution >= 0.6 is 11.8 Å². The van der Waals surface area contributed by atoms with Crippen LogP contribution < -0.4 is 0 Å². The van der Waals surface area contributed by atoms with Crippen LogP contribution in [0.15, 0.2) is 0 Å².